The highest BCUT2D eigenvalue weighted by atomic mass is 16.8. The Labute approximate surface area is 405 Å². The van der Waals surface area contributed by atoms with Crippen molar-refractivity contribution in [2.75, 3.05) is 28.4 Å². The smallest absolute Gasteiger partial charge is 0.220 e. The van der Waals surface area contributed by atoms with Crippen LogP contribution in [0.25, 0.3) is 0 Å². The molecular weight excluding hydrogens is 881 g/mol. The fourth-order valence-corrected chi connectivity index (χ4v) is 13.5. The van der Waals surface area contributed by atoms with Crippen LogP contribution in [0.3, 0.4) is 0 Å². The van der Waals surface area contributed by atoms with E-state index in [0.717, 1.165) is 25.7 Å². The van der Waals surface area contributed by atoms with Gasteiger partial charge >= 0.3 is 0 Å². The van der Waals surface area contributed by atoms with Crippen molar-refractivity contribution in [1.29, 1.82) is 0 Å². The van der Waals surface area contributed by atoms with Crippen LogP contribution in [0.4, 0.5) is 0 Å². The van der Waals surface area contributed by atoms with Crippen molar-refractivity contribution in [2.45, 2.75) is 254 Å². The van der Waals surface area contributed by atoms with Crippen LogP contribution in [0.2, 0.25) is 0 Å². The molecule has 68 heavy (non-hydrogen) atoms. The van der Waals surface area contributed by atoms with Crippen LogP contribution in [0.1, 0.15) is 109 Å². The van der Waals surface area contributed by atoms with Crippen molar-refractivity contribution < 1.29 is 56.8 Å². The third kappa shape index (κ3) is 9.17. The second-order valence-electron chi connectivity index (χ2n) is 22.4. The van der Waals surface area contributed by atoms with Crippen molar-refractivity contribution in [3.63, 3.8) is 0 Å². The van der Waals surface area contributed by atoms with Gasteiger partial charge in [-0.15, -0.1) is 0 Å². The first kappa shape index (κ1) is 52.1. The van der Waals surface area contributed by atoms with Crippen LogP contribution in [0.5, 0.6) is 0 Å². The van der Waals surface area contributed by atoms with E-state index in [2.05, 4.69) is 97.9 Å². The van der Waals surface area contributed by atoms with Crippen LogP contribution >= 0.6 is 0 Å². The molecule has 7 aliphatic heterocycles. The minimum Gasteiger partial charge on any atom is -0.375 e. The molecule has 0 spiro atoms. The minimum absolute atomic E-state index is 0.0172. The summed E-state index contributed by atoms with van der Waals surface area (Å²) < 4.78 is 80.5. The van der Waals surface area contributed by atoms with Gasteiger partial charge in [0.15, 0.2) is 0 Å². The molecule has 0 aromatic carbocycles. The summed E-state index contributed by atoms with van der Waals surface area (Å²) in [6.07, 6.45) is -1.73. The van der Waals surface area contributed by atoms with Gasteiger partial charge in [-0.2, -0.15) is 0 Å². The molecule has 2 aliphatic carbocycles. The molecule has 20 unspecified atom stereocenters. The SMILES string of the molecule is CO[C@]1(C)OC2C3NC(NC4NC(NC5NC(NC6NC(N3)C3C(OC(C)C)CCC(OC(C)C)C63)C3O[C@@](C)(OC)[C@](C)(OC)OC53)C3C(OC(C)C)CCC(OC(C)C)C43)C2O[C@@]1(C)OC. The summed E-state index contributed by atoms with van der Waals surface area (Å²) in [6.45, 7) is 24.4. The molecular formula is C48H88N8O12. The van der Waals surface area contributed by atoms with E-state index in [1.165, 1.54) is 0 Å². The van der Waals surface area contributed by atoms with Crippen LogP contribution in [-0.4, -0.2) is 174 Å². The van der Waals surface area contributed by atoms with Crippen LogP contribution in [0, 0.1) is 23.7 Å². The summed E-state index contributed by atoms with van der Waals surface area (Å²) in [5.41, 5.74) is 0. The molecule has 8 bridgehead atoms. The highest BCUT2D eigenvalue weighted by molar-refractivity contribution is 5.15. The van der Waals surface area contributed by atoms with E-state index in [0.29, 0.717) is 0 Å². The number of ether oxygens (including phenoxy) is 12. The highest BCUT2D eigenvalue weighted by Crippen LogP contribution is 2.49. The number of methoxy groups -OCH3 is 4. The predicted molar refractivity (Wildman–Crippen MR) is 249 cm³/mol. The van der Waals surface area contributed by atoms with Crippen molar-refractivity contribution in [2.24, 2.45) is 23.7 Å². The van der Waals surface area contributed by atoms with Gasteiger partial charge in [-0.25, -0.2) is 0 Å². The van der Waals surface area contributed by atoms with E-state index in [4.69, 9.17) is 56.8 Å². The van der Waals surface area contributed by atoms with Crippen molar-refractivity contribution in [1.82, 2.24) is 42.5 Å². The number of rotatable bonds is 12. The lowest BCUT2D eigenvalue weighted by Crippen LogP contribution is -2.69. The zero-order valence-corrected chi connectivity index (χ0v) is 43.6. The molecule has 7 heterocycles. The van der Waals surface area contributed by atoms with Gasteiger partial charge in [0.1, 0.15) is 24.4 Å². The summed E-state index contributed by atoms with van der Waals surface area (Å²) in [4.78, 5) is 0. The van der Waals surface area contributed by atoms with E-state index < -0.39 is 72.2 Å². The third-order valence-corrected chi connectivity index (χ3v) is 16.9. The molecule has 24 atom stereocenters. The van der Waals surface area contributed by atoms with Gasteiger partial charge in [0.2, 0.25) is 23.1 Å². The predicted octanol–water partition coefficient (Wildman–Crippen LogP) is 1.63. The fraction of sp³-hybridized carbons (Fsp3) is 1.00. The lowest BCUT2D eigenvalue weighted by Gasteiger charge is -2.52. The topological polar surface area (TPSA) is 207 Å². The van der Waals surface area contributed by atoms with Gasteiger partial charge in [0, 0.05) is 52.1 Å². The Balaban J connectivity index is 1.17. The Kier molecular flexibility index (Phi) is 15.2. The molecule has 392 valence electrons. The Hall–Kier alpha value is -0.800. The summed E-state index contributed by atoms with van der Waals surface area (Å²) in [5.74, 6) is -5.09. The van der Waals surface area contributed by atoms with Crippen molar-refractivity contribution in [3.05, 3.63) is 0 Å². The minimum atomic E-state index is -1.25. The van der Waals surface area contributed by atoms with Gasteiger partial charge < -0.3 is 56.8 Å². The monoisotopic (exact) mass is 969 g/mol. The molecule has 9 rings (SSSR count). The number of fused-ring (bicyclic) bond motifs is 20. The maximum Gasteiger partial charge on any atom is 0.220 e. The van der Waals surface area contributed by atoms with Crippen LogP contribution < -0.4 is 42.5 Å². The largest absolute Gasteiger partial charge is 0.375 e. The van der Waals surface area contributed by atoms with E-state index in [1.54, 1.807) is 28.4 Å². The molecule has 0 aromatic rings. The van der Waals surface area contributed by atoms with E-state index in [9.17, 15) is 0 Å². The van der Waals surface area contributed by atoms with Gasteiger partial charge in [-0.1, -0.05) is 0 Å². The maximum atomic E-state index is 7.12. The van der Waals surface area contributed by atoms with Gasteiger partial charge in [-0.3, -0.25) is 42.5 Å². The molecule has 7 saturated heterocycles. The molecule has 0 amide bonds. The normalized spacial score (nSPS) is 52.4. The lowest BCUT2D eigenvalue weighted by atomic mass is 9.74. The van der Waals surface area contributed by atoms with Gasteiger partial charge in [0.05, 0.1) is 98.2 Å². The Bertz CT molecular complexity index is 1490. The first-order valence-corrected chi connectivity index (χ1v) is 25.8. The van der Waals surface area contributed by atoms with E-state index in [1.807, 2.05) is 27.7 Å². The number of nitrogens with one attached hydrogen (secondary N) is 8. The molecule has 2 saturated carbocycles. The quantitative estimate of drug-likeness (QED) is 0.140. The van der Waals surface area contributed by atoms with E-state index in [-0.39, 0.29) is 97.2 Å². The average Bonchev–Trinajstić information content (AvgIpc) is 4.00. The summed E-state index contributed by atoms with van der Waals surface area (Å²) >= 11 is 0. The second kappa shape index (κ2) is 19.8. The molecule has 9 aliphatic rings. The van der Waals surface area contributed by atoms with Crippen LogP contribution in [0.15, 0.2) is 0 Å². The molecule has 20 nitrogen and oxygen atoms in total. The van der Waals surface area contributed by atoms with Gasteiger partial charge in [-0.05, 0) is 109 Å². The zero-order chi connectivity index (χ0) is 48.8. The third-order valence-electron chi connectivity index (χ3n) is 16.9. The maximum absolute atomic E-state index is 7.12. The van der Waals surface area contributed by atoms with Crippen molar-refractivity contribution >= 4 is 0 Å². The summed E-state index contributed by atoms with van der Waals surface area (Å²) in [6, 6.07) is 0. The molecule has 20 heteroatoms. The molecule has 8 N–H and O–H groups in total. The standard InChI is InChI=1S/C48H88N8O12/c1-21(2)61-25-17-18-26(62-22(3)4)30-29(25)37-49-38(30)52-42-35-36(68-48(12,60-16)47(11,59-15)67-35)44(56-42)54-40-32-28(64-24(7)8)20-19-27(63-23(5)6)31(32)39(50-40)53-43-34-33(41(51-37)55-43)65-45(9,57-13)46(10,58-14)66-34/h21-44,49-56H,17-20H2,1-16H3/t25?,26?,27?,28?,29?,30?,31?,32?,33?,34?,35?,36?,37?,38?,39?,40?,41?,42?,43?,44?,45-,46-,47-,48-/m1/s1. The fourth-order valence-electron chi connectivity index (χ4n) is 13.5. The highest BCUT2D eigenvalue weighted by Gasteiger charge is 2.67. The number of hydrogen-bond acceptors (Lipinski definition) is 20. The molecule has 9 fully saturated rings. The average molecular weight is 969 g/mol. The zero-order valence-electron chi connectivity index (χ0n) is 43.6. The molecule has 0 radical (unpaired) electrons. The Morgan fingerprint density at radius 1 is 0.324 bits per heavy atom. The summed E-state index contributed by atoms with van der Waals surface area (Å²) in [5, 5.41) is 32.4. The van der Waals surface area contributed by atoms with Gasteiger partial charge in [0.25, 0.3) is 0 Å². The molecule has 0 aromatic heterocycles. The first-order valence-electron chi connectivity index (χ1n) is 25.8. The Morgan fingerprint density at radius 3 is 0.676 bits per heavy atom. The Morgan fingerprint density at radius 2 is 0.500 bits per heavy atom. The van der Waals surface area contributed by atoms with Crippen LogP contribution in [-0.2, 0) is 56.8 Å². The lowest BCUT2D eigenvalue weighted by molar-refractivity contribution is -0.446. The summed E-state index contributed by atoms with van der Waals surface area (Å²) in [7, 11) is 6.53. The second-order valence-corrected chi connectivity index (χ2v) is 22.4. The van der Waals surface area contributed by atoms with Crippen molar-refractivity contribution in [3.8, 4) is 0 Å². The number of hydrogen-bond donors (Lipinski definition) is 8. The first-order chi connectivity index (χ1) is 32.2. The van der Waals surface area contributed by atoms with E-state index >= 15 is 0 Å².